The third-order valence-electron chi connectivity index (χ3n) is 4.25. The normalized spacial score (nSPS) is 12.2. The number of anilines is 1. The lowest BCUT2D eigenvalue weighted by molar-refractivity contribution is 0.0832. The quantitative estimate of drug-likeness (QED) is 0.402. The minimum atomic E-state index is -1.34. The van der Waals surface area contributed by atoms with Crippen molar-refractivity contribution in [2.24, 2.45) is 0 Å². The Morgan fingerprint density at radius 2 is 1.57 bits per heavy atom. The summed E-state index contributed by atoms with van der Waals surface area (Å²) in [7, 11) is -1.34. The zero-order valence-electron chi connectivity index (χ0n) is 16.5. The van der Waals surface area contributed by atoms with Crippen LogP contribution in [0.4, 0.5) is 5.82 Å². The zero-order chi connectivity index (χ0) is 20.8. The van der Waals surface area contributed by atoms with Crippen LogP contribution in [0.1, 0.15) is 6.92 Å². The molecule has 0 saturated heterocycles. The third-order valence-corrected chi connectivity index (χ3v) is 5.44. The Bertz CT molecular complexity index is 1040. The number of aromatic nitrogens is 4. The first-order valence-electron chi connectivity index (χ1n) is 9.45. The van der Waals surface area contributed by atoms with Gasteiger partial charge in [0.15, 0.2) is 11.5 Å². The van der Waals surface area contributed by atoms with Crippen LogP contribution in [0.2, 0.25) is 0 Å². The molecule has 0 amide bonds. The van der Waals surface area contributed by atoms with Gasteiger partial charge in [0, 0.05) is 0 Å². The SMILES string of the molecule is CC(Cn1cnc2c(N)ncnc21)OCP(Oc1ccccc1)Oc1ccccc1. The molecule has 4 rings (SSSR count). The molecule has 0 bridgehead atoms. The Morgan fingerprint density at radius 1 is 0.933 bits per heavy atom. The van der Waals surface area contributed by atoms with Crippen LogP contribution in [0.15, 0.2) is 73.3 Å². The molecule has 2 aromatic carbocycles. The number of nitrogen functional groups attached to an aromatic ring is 1. The highest BCUT2D eigenvalue weighted by Crippen LogP contribution is 2.40. The molecule has 0 aliphatic heterocycles. The van der Waals surface area contributed by atoms with Crippen LogP contribution < -0.4 is 14.8 Å². The molecule has 0 aliphatic carbocycles. The minimum absolute atomic E-state index is 0.123. The summed E-state index contributed by atoms with van der Waals surface area (Å²) < 4.78 is 20.1. The van der Waals surface area contributed by atoms with Gasteiger partial charge in [-0.15, -0.1) is 0 Å². The third kappa shape index (κ3) is 5.03. The number of para-hydroxylation sites is 2. The van der Waals surface area contributed by atoms with Crippen LogP contribution in [0.5, 0.6) is 11.5 Å². The second kappa shape index (κ2) is 9.52. The molecule has 30 heavy (non-hydrogen) atoms. The molecule has 9 heteroatoms. The van der Waals surface area contributed by atoms with Crippen molar-refractivity contribution in [1.29, 1.82) is 0 Å². The van der Waals surface area contributed by atoms with E-state index in [1.165, 1.54) is 6.33 Å². The van der Waals surface area contributed by atoms with Gasteiger partial charge in [0.05, 0.1) is 19.0 Å². The molecule has 2 aromatic heterocycles. The smallest absolute Gasteiger partial charge is 0.318 e. The van der Waals surface area contributed by atoms with Gasteiger partial charge in [-0.3, -0.25) is 0 Å². The van der Waals surface area contributed by atoms with Gasteiger partial charge in [-0.05, 0) is 31.2 Å². The summed E-state index contributed by atoms with van der Waals surface area (Å²) in [6.45, 7) is 2.54. The van der Waals surface area contributed by atoms with Gasteiger partial charge in [0.1, 0.15) is 29.7 Å². The Kier molecular flexibility index (Phi) is 6.37. The zero-order valence-corrected chi connectivity index (χ0v) is 17.4. The molecule has 154 valence electrons. The van der Waals surface area contributed by atoms with Gasteiger partial charge in [-0.2, -0.15) is 0 Å². The highest BCUT2D eigenvalue weighted by Gasteiger charge is 2.18. The Labute approximate surface area is 175 Å². The van der Waals surface area contributed by atoms with Crippen LogP contribution in [-0.2, 0) is 11.3 Å². The topological polar surface area (TPSA) is 97.3 Å². The van der Waals surface area contributed by atoms with E-state index in [0.29, 0.717) is 29.9 Å². The van der Waals surface area contributed by atoms with Crippen molar-refractivity contribution in [1.82, 2.24) is 19.5 Å². The van der Waals surface area contributed by atoms with E-state index in [4.69, 9.17) is 19.5 Å². The van der Waals surface area contributed by atoms with E-state index in [2.05, 4.69) is 15.0 Å². The molecule has 0 radical (unpaired) electrons. The number of ether oxygens (including phenoxy) is 1. The Balaban J connectivity index is 1.41. The summed E-state index contributed by atoms with van der Waals surface area (Å²) in [4.78, 5) is 12.5. The average molecular weight is 423 g/mol. The highest BCUT2D eigenvalue weighted by atomic mass is 31.2. The number of benzene rings is 2. The molecule has 8 nitrogen and oxygen atoms in total. The van der Waals surface area contributed by atoms with Gasteiger partial charge in [0.2, 0.25) is 0 Å². The second-order valence-corrected chi connectivity index (χ2v) is 7.86. The molecule has 2 heterocycles. The largest absolute Gasteiger partial charge is 0.437 e. The Morgan fingerprint density at radius 3 is 2.20 bits per heavy atom. The molecule has 1 atom stereocenters. The molecule has 1 unspecified atom stereocenters. The molecule has 0 spiro atoms. The Hall–Kier alpha value is -3.22. The maximum Gasteiger partial charge on any atom is 0.318 e. The molecular formula is C21H22N5O3P. The lowest BCUT2D eigenvalue weighted by atomic mass is 10.3. The van der Waals surface area contributed by atoms with Crippen molar-refractivity contribution in [3.05, 3.63) is 73.3 Å². The molecule has 2 N–H and O–H groups in total. The fraction of sp³-hybridized carbons (Fsp3) is 0.190. The van der Waals surface area contributed by atoms with Gasteiger partial charge in [0.25, 0.3) is 0 Å². The van der Waals surface area contributed by atoms with Crippen LogP contribution in [-0.4, -0.2) is 32.0 Å². The van der Waals surface area contributed by atoms with E-state index in [9.17, 15) is 0 Å². The van der Waals surface area contributed by atoms with Crippen molar-refractivity contribution in [2.75, 3.05) is 12.1 Å². The van der Waals surface area contributed by atoms with Gasteiger partial charge >= 0.3 is 8.38 Å². The highest BCUT2D eigenvalue weighted by molar-refractivity contribution is 7.47. The molecule has 0 aliphatic rings. The predicted molar refractivity (Wildman–Crippen MR) is 116 cm³/mol. The number of imidazole rings is 1. The summed E-state index contributed by atoms with van der Waals surface area (Å²) in [5.74, 6) is 1.84. The van der Waals surface area contributed by atoms with Crippen molar-refractivity contribution in [2.45, 2.75) is 19.6 Å². The van der Waals surface area contributed by atoms with Crippen LogP contribution in [0.25, 0.3) is 11.2 Å². The summed E-state index contributed by atoms with van der Waals surface area (Å²) in [5, 5.41) is 0. The van der Waals surface area contributed by atoms with E-state index in [1.807, 2.05) is 72.2 Å². The van der Waals surface area contributed by atoms with Crippen molar-refractivity contribution >= 4 is 25.4 Å². The lowest BCUT2D eigenvalue weighted by Gasteiger charge is -2.21. The van der Waals surface area contributed by atoms with Crippen LogP contribution in [0.3, 0.4) is 0 Å². The monoisotopic (exact) mass is 423 g/mol. The van der Waals surface area contributed by atoms with Crippen LogP contribution >= 0.6 is 8.38 Å². The second-order valence-electron chi connectivity index (χ2n) is 6.58. The summed E-state index contributed by atoms with van der Waals surface area (Å²) in [6.07, 6.45) is 3.31. The number of nitrogens with zero attached hydrogens (tertiary/aromatic N) is 4. The van der Waals surface area contributed by atoms with Crippen LogP contribution in [0, 0.1) is 0 Å². The molecular weight excluding hydrogens is 401 g/mol. The van der Waals surface area contributed by atoms with Gasteiger partial charge in [-0.25, -0.2) is 15.0 Å². The number of rotatable bonds is 9. The number of fused-ring (bicyclic) bond motifs is 1. The van der Waals surface area contributed by atoms with E-state index in [1.54, 1.807) is 6.33 Å². The van der Waals surface area contributed by atoms with Crippen molar-refractivity contribution < 1.29 is 13.8 Å². The summed E-state index contributed by atoms with van der Waals surface area (Å²) in [6, 6.07) is 19.2. The van der Waals surface area contributed by atoms with E-state index < -0.39 is 8.38 Å². The van der Waals surface area contributed by atoms with E-state index in [-0.39, 0.29) is 6.10 Å². The number of nitrogens with two attached hydrogens (primary N) is 1. The maximum absolute atomic E-state index is 6.06. The molecule has 4 aromatic rings. The standard InChI is InChI=1S/C21H22N5O3P/c1-16(12-26-14-25-19-20(22)23-13-24-21(19)26)27-15-30(28-17-8-4-2-5-9-17)29-18-10-6-3-7-11-18/h2-11,13-14,16H,12,15H2,1H3,(H2,22,23,24). The first-order chi connectivity index (χ1) is 14.7. The summed E-state index contributed by atoms with van der Waals surface area (Å²) >= 11 is 0. The molecule has 0 saturated carbocycles. The van der Waals surface area contributed by atoms with E-state index >= 15 is 0 Å². The maximum atomic E-state index is 6.06. The first kappa shape index (κ1) is 20.1. The first-order valence-corrected chi connectivity index (χ1v) is 10.8. The van der Waals surface area contributed by atoms with E-state index in [0.717, 1.165) is 11.5 Å². The summed E-state index contributed by atoms with van der Waals surface area (Å²) in [5.41, 5.74) is 7.13. The lowest BCUT2D eigenvalue weighted by Crippen LogP contribution is -2.18. The molecule has 0 fully saturated rings. The van der Waals surface area contributed by atoms with Gasteiger partial charge in [-0.1, -0.05) is 36.4 Å². The van der Waals surface area contributed by atoms with Crippen molar-refractivity contribution in [3.63, 3.8) is 0 Å². The minimum Gasteiger partial charge on any atom is -0.437 e. The number of hydrogen-bond donors (Lipinski definition) is 1. The number of hydrogen-bond acceptors (Lipinski definition) is 7. The fourth-order valence-electron chi connectivity index (χ4n) is 2.82. The predicted octanol–water partition coefficient (Wildman–Crippen LogP) is 4.24. The fourth-order valence-corrected chi connectivity index (χ4v) is 4.05. The average Bonchev–Trinajstić information content (AvgIpc) is 3.18. The van der Waals surface area contributed by atoms with Gasteiger partial charge < -0.3 is 24.1 Å². The van der Waals surface area contributed by atoms with Crippen molar-refractivity contribution in [3.8, 4) is 11.5 Å².